The van der Waals surface area contributed by atoms with Gasteiger partial charge in [-0.3, -0.25) is 4.79 Å². The fraction of sp³-hybridized carbons (Fsp3) is 0.333. The Labute approximate surface area is 81.6 Å². The minimum absolute atomic E-state index is 0.220. The van der Waals surface area contributed by atoms with Gasteiger partial charge in [0.25, 0.3) is 5.88 Å². The summed E-state index contributed by atoms with van der Waals surface area (Å²) in [5, 5.41) is 0. The van der Waals surface area contributed by atoms with Crippen molar-refractivity contribution < 1.29 is 19.0 Å². The number of pyridine rings is 1. The first-order chi connectivity index (χ1) is 6.76. The summed E-state index contributed by atoms with van der Waals surface area (Å²) < 4.78 is 14.8. The lowest BCUT2D eigenvalue weighted by atomic mass is 10.3. The average molecular weight is 197 g/mol. The minimum Gasteiger partial charge on any atom is -0.491 e. The van der Waals surface area contributed by atoms with E-state index in [1.807, 2.05) is 0 Å². The number of hydrogen-bond acceptors (Lipinski definition) is 5. The van der Waals surface area contributed by atoms with Gasteiger partial charge in [0.1, 0.15) is 0 Å². The Bertz CT molecular complexity index is 338. The number of nitrogens with zero attached hydrogens (tertiary/aromatic N) is 1. The summed E-state index contributed by atoms with van der Waals surface area (Å²) in [4.78, 5) is 14.6. The largest absolute Gasteiger partial charge is 0.491 e. The maximum Gasteiger partial charge on any atom is 0.260 e. The van der Waals surface area contributed by atoms with Crippen LogP contribution in [0.5, 0.6) is 17.5 Å². The molecule has 0 spiro atoms. The summed E-state index contributed by atoms with van der Waals surface area (Å²) in [5.74, 6) is 0.906. The first-order valence-corrected chi connectivity index (χ1v) is 3.89. The highest BCUT2D eigenvalue weighted by atomic mass is 16.5. The van der Waals surface area contributed by atoms with Gasteiger partial charge in [0.2, 0.25) is 5.88 Å². The van der Waals surface area contributed by atoms with Crippen LogP contribution in [-0.2, 0) is 0 Å². The van der Waals surface area contributed by atoms with Gasteiger partial charge in [0.05, 0.1) is 26.9 Å². The van der Waals surface area contributed by atoms with Crippen molar-refractivity contribution in [2.24, 2.45) is 0 Å². The molecule has 14 heavy (non-hydrogen) atoms. The Kier molecular flexibility index (Phi) is 3.28. The highest BCUT2D eigenvalue weighted by molar-refractivity contribution is 5.79. The van der Waals surface area contributed by atoms with Crippen molar-refractivity contribution in [1.29, 1.82) is 0 Å². The van der Waals surface area contributed by atoms with E-state index in [0.717, 1.165) is 0 Å². The molecule has 0 aliphatic carbocycles. The van der Waals surface area contributed by atoms with Crippen LogP contribution in [0.1, 0.15) is 10.4 Å². The van der Waals surface area contributed by atoms with Crippen molar-refractivity contribution in [2.75, 3.05) is 21.3 Å². The van der Waals surface area contributed by atoms with E-state index in [0.29, 0.717) is 17.6 Å². The maximum atomic E-state index is 10.6. The number of hydrogen-bond donors (Lipinski definition) is 0. The Balaban J connectivity index is 3.27. The minimum atomic E-state index is 0.220. The average Bonchev–Trinajstić information content (AvgIpc) is 2.26. The molecule has 0 radical (unpaired) electrons. The molecule has 0 aromatic carbocycles. The molecular formula is C9H11NO4. The highest BCUT2D eigenvalue weighted by Gasteiger charge is 2.12. The van der Waals surface area contributed by atoms with Gasteiger partial charge in [-0.05, 0) is 0 Å². The van der Waals surface area contributed by atoms with Crippen molar-refractivity contribution >= 4 is 6.29 Å². The monoisotopic (exact) mass is 197 g/mol. The molecule has 0 fully saturated rings. The van der Waals surface area contributed by atoms with Gasteiger partial charge in [0.15, 0.2) is 12.0 Å². The summed E-state index contributed by atoms with van der Waals surface area (Å²) >= 11 is 0. The van der Waals surface area contributed by atoms with Crippen LogP contribution >= 0.6 is 0 Å². The smallest absolute Gasteiger partial charge is 0.260 e. The molecule has 0 amide bonds. The third-order valence-electron chi connectivity index (χ3n) is 1.68. The van der Waals surface area contributed by atoms with Gasteiger partial charge in [-0.2, -0.15) is 4.98 Å². The van der Waals surface area contributed by atoms with E-state index in [9.17, 15) is 4.79 Å². The lowest BCUT2D eigenvalue weighted by Gasteiger charge is -2.09. The van der Waals surface area contributed by atoms with Crippen LogP contribution in [0, 0.1) is 0 Å². The van der Waals surface area contributed by atoms with E-state index in [1.165, 1.54) is 27.4 Å². The number of aromatic nitrogens is 1. The van der Waals surface area contributed by atoms with Gasteiger partial charge in [-0.25, -0.2) is 0 Å². The van der Waals surface area contributed by atoms with Crippen molar-refractivity contribution in [3.63, 3.8) is 0 Å². The van der Waals surface area contributed by atoms with Crippen LogP contribution in [0.2, 0.25) is 0 Å². The molecule has 0 saturated heterocycles. The zero-order chi connectivity index (χ0) is 10.6. The number of carbonyl (C=O) groups is 1. The SMILES string of the molecule is COc1cc(C=O)c(OC)nc1OC. The van der Waals surface area contributed by atoms with Crippen molar-refractivity contribution in [2.45, 2.75) is 0 Å². The predicted octanol–water partition coefficient (Wildman–Crippen LogP) is 0.920. The molecule has 1 aromatic rings. The van der Waals surface area contributed by atoms with E-state index >= 15 is 0 Å². The number of ether oxygens (including phenoxy) is 3. The predicted molar refractivity (Wildman–Crippen MR) is 49.3 cm³/mol. The zero-order valence-corrected chi connectivity index (χ0v) is 8.23. The molecule has 0 N–H and O–H groups in total. The number of carbonyl (C=O) groups excluding carboxylic acids is 1. The van der Waals surface area contributed by atoms with E-state index < -0.39 is 0 Å². The Morgan fingerprint density at radius 2 is 1.79 bits per heavy atom. The molecule has 5 nitrogen and oxygen atoms in total. The van der Waals surface area contributed by atoms with Crippen LogP contribution < -0.4 is 14.2 Å². The quantitative estimate of drug-likeness (QED) is 0.672. The number of methoxy groups -OCH3 is 3. The van der Waals surface area contributed by atoms with Crippen molar-refractivity contribution in [3.05, 3.63) is 11.6 Å². The molecule has 1 rings (SSSR count). The first kappa shape index (κ1) is 10.3. The van der Waals surface area contributed by atoms with Crippen LogP contribution in [0.4, 0.5) is 0 Å². The summed E-state index contributed by atoms with van der Waals surface area (Å²) in [6.07, 6.45) is 0.647. The van der Waals surface area contributed by atoms with E-state index in [1.54, 1.807) is 0 Å². The second-order valence-corrected chi connectivity index (χ2v) is 2.42. The molecule has 0 saturated carbocycles. The molecule has 5 heteroatoms. The van der Waals surface area contributed by atoms with Gasteiger partial charge < -0.3 is 14.2 Å². The fourth-order valence-corrected chi connectivity index (χ4v) is 1.02. The maximum absolute atomic E-state index is 10.6. The molecule has 1 aromatic heterocycles. The van der Waals surface area contributed by atoms with Gasteiger partial charge in [-0.15, -0.1) is 0 Å². The Morgan fingerprint density at radius 3 is 2.21 bits per heavy atom. The van der Waals surface area contributed by atoms with Gasteiger partial charge in [0, 0.05) is 6.07 Å². The van der Waals surface area contributed by atoms with Gasteiger partial charge >= 0.3 is 0 Å². The standard InChI is InChI=1S/C9H11NO4/c1-12-7-4-6(5-11)8(13-2)10-9(7)14-3/h4-5H,1-3H3. The van der Waals surface area contributed by atoms with Crippen LogP contribution in [0.25, 0.3) is 0 Å². The third kappa shape index (κ3) is 1.76. The lowest BCUT2D eigenvalue weighted by Crippen LogP contribution is -1.99. The fourth-order valence-electron chi connectivity index (χ4n) is 1.02. The van der Waals surface area contributed by atoms with Crippen LogP contribution in [0.15, 0.2) is 6.07 Å². The van der Waals surface area contributed by atoms with Crippen LogP contribution in [0.3, 0.4) is 0 Å². The molecule has 0 aliphatic heterocycles. The zero-order valence-electron chi connectivity index (χ0n) is 8.23. The van der Waals surface area contributed by atoms with E-state index in [-0.39, 0.29) is 11.8 Å². The Morgan fingerprint density at radius 1 is 1.14 bits per heavy atom. The molecule has 76 valence electrons. The molecule has 0 bridgehead atoms. The molecule has 0 aliphatic rings. The molecule has 1 heterocycles. The normalized spacial score (nSPS) is 9.36. The summed E-state index contributed by atoms with van der Waals surface area (Å²) in [5.41, 5.74) is 0.324. The third-order valence-corrected chi connectivity index (χ3v) is 1.68. The summed E-state index contributed by atoms with van der Waals surface area (Å²) in [7, 11) is 4.37. The molecule has 0 unspecified atom stereocenters. The second kappa shape index (κ2) is 4.45. The van der Waals surface area contributed by atoms with Gasteiger partial charge in [-0.1, -0.05) is 0 Å². The molecular weight excluding hydrogens is 186 g/mol. The topological polar surface area (TPSA) is 57.7 Å². The number of aldehydes is 1. The second-order valence-electron chi connectivity index (χ2n) is 2.42. The van der Waals surface area contributed by atoms with Crippen molar-refractivity contribution in [1.82, 2.24) is 4.98 Å². The van der Waals surface area contributed by atoms with E-state index in [2.05, 4.69) is 4.98 Å². The lowest BCUT2D eigenvalue weighted by molar-refractivity contribution is 0.111. The van der Waals surface area contributed by atoms with Crippen LogP contribution in [-0.4, -0.2) is 32.6 Å². The summed E-state index contributed by atoms with van der Waals surface area (Å²) in [6.45, 7) is 0. The first-order valence-electron chi connectivity index (χ1n) is 3.89. The van der Waals surface area contributed by atoms with Crippen molar-refractivity contribution in [3.8, 4) is 17.5 Å². The summed E-state index contributed by atoms with van der Waals surface area (Å²) in [6, 6.07) is 1.51. The molecule has 0 atom stereocenters. The Hall–Kier alpha value is -1.78. The number of rotatable bonds is 4. The highest BCUT2D eigenvalue weighted by Crippen LogP contribution is 2.29. The van der Waals surface area contributed by atoms with E-state index in [4.69, 9.17) is 14.2 Å².